The summed E-state index contributed by atoms with van der Waals surface area (Å²) in [6.07, 6.45) is 4.17. The minimum atomic E-state index is -0.571. The number of hydrogen-bond acceptors (Lipinski definition) is 3. The molecule has 3 nitrogen and oxygen atoms in total. The molecular weight excluding hydrogens is 190 g/mol. The molecule has 0 heterocycles. The molecule has 15 heavy (non-hydrogen) atoms. The minimum absolute atomic E-state index is 0.571. The lowest BCUT2D eigenvalue weighted by Crippen LogP contribution is -2.38. The predicted octanol–water partition coefficient (Wildman–Crippen LogP) is 1.94. The lowest BCUT2D eigenvalue weighted by molar-refractivity contribution is 0.0469. The number of ether oxygens (including phenoxy) is 1. The summed E-state index contributed by atoms with van der Waals surface area (Å²) in [7, 11) is 0. The van der Waals surface area contributed by atoms with Crippen LogP contribution in [0.3, 0.4) is 0 Å². The van der Waals surface area contributed by atoms with Crippen molar-refractivity contribution < 1.29 is 9.84 Å². The molecule has 0 bridgehead atoms. The molecule has 0 spiro atoms. The fourth-order valence-corrected chi connectivity index (χ4v) is 1.48. The van der Waals surface area contributed by atoms with E-state index < -0.39 is 5.60 Å². The summed E-state index contributed by atoms with van der Waals surface area (Å²) in [5.74, 6) is 0. The van der Waals surface area contributed by atoms with Crippen molar-refractivity contribution in [3.63, 3.8) is 0 Å². The summed E-state index contributed by atoms with van der Waals surface area (Å²) in [6, 6.07) is 0. The highest BCUT2D eigenvalue weighted by molar-refractivity contribution is 4.74. The normalized spacial score (nSPS) is 15.2. The molecule has 0 rings (SSSR count). The van der Waals surface area contributed by atoms with Gasteiger partial charge < -0.3 is 15.2 Å². The van der Waals surface area contributed by atoms with E-state index in [1.807, 2.05) is 6.92 Å². The van der Waals surface area contributed by atoms with Gasteiger partial charge in [-0.25, -0.2) is 0 Å². The van der Waals surface area contributed by atoms with Crippen LogP contribution in [-0.2, 0) is 4.74 Å². The molecule has 92 valence electrons. The van der Waals surface area contributed by atoms with Crippen molar-refractivity contribution in [2.45, 2.75) is 52.1 Å². The van der Waals surface area contributed by atoms with Gasteiger partial charge in [0.1, 0.15) is 0 Å². The molecule has 0 aromatic rings. The summed E-state index contributed by atoms with van der Waals surface area (Å²) in [6.45, 7) is 9.18. The zero-order valence-corrected chi connectivity index (χ0v) is 10.5. The highest BCUT2D eigenvalue weighted by Crippen LogP contribution is 2.09. The first-order valence-electron chi connectivity index (χ1n) is 6.13. The molecule has 0 amide bonds. The summed E-state index contributed by atoms with van der Waals surface area (Å²) in [4.78, 5) is 0. The van der Waals surface area contributed by atoms with Gasteiger partial charge >= 0.3 is 0 Å². The molecule has 0 aliphatic rings. The van der Waals surface area contributed by atoms with Crippen molar-refractivity contribution in [2.24, 2.45) is 0 Å². The Labute approximate surface area is 94.2 Å². The van der Waals surface area contributed by atoms with Gasteiger partial charge in [-0.2, -0.15) is 0 Å². The van der Waals surface area contributed by atoms with Crippen LogP contribution in [0.2, 0.25) is 0 Å². The summed E-state index contributed by atoms with van der Waals surface area (Å²) >= 11 is 0. The third-order valence-electron chi connectivity index (χ3n) is 2.36. The van der Waals surface area contributed by atoms with E-state index in [4.69, 9.17) is 4.74 Å². The maximum Gasteiger partial charge on any atom is 0.0743 e. The van der Waals surface area contributed by atoms with Crippen molar-refractivity contribution in [2.75, 3.05) is 26.3 Å². The van der Waals surface area contributed by atoms with Crippen LogP contribution in [0.1, 0.15) is 46.5 Å². The van der Waals surface area contributed by atoms with Crippen molar-refractivity contribution in [1.29, 1.82) is 0 Å². The predicted molar refractivity (Wildman–Crippen MR) is 64.1 cm³/mol. The lowest BCUT2D eigenvalue weighted by atomic mass is 10.0. The van der Waals surface area contributed by atoms with Crippen LogP contribution in [-0.4, -0.2) is 37.0 Å². The van der Waals surface area contributed by atoms with Gasteiger partial charge in [-0.1, -0.05) is 26.7 Å². The molecule has 3 heteroatoms. The van der Waals surface area contributed by atoms with Crippen LogP contribution in [0.5, 0.6) is 0 Å². The molecule has 0 aromatic carbocycles. The molecule has 0 aliphatic carbocycles. The number of rotatable bonds is 10. The van der Waals surface area contributed by atoms with Gasteiger partial charge in [0.2, 0.25) is 0 Å². The average Bonchev–Trinajstić information content (AvgIpc) is 2.16. The molecule has 0 aromatic heterocycles. The Kier molecular flexibility index (Phi) is 9.06. The van der Waals surface area contributed by atoms with Crippen molar-refractivity contribution >= 4 is 0 Å². The van der Waals surface area contributed by atoms with E-state index >= 15 is 0 Å². The quantitative estimate of drug-likeness (QED) is 0.550. The first-order valence-corrected chi connectivity index (χ1v) is 6.13. The van der Waals surface area contributed by atoms with E-state index in [0.29, 0.717) is 6.54 Å². The summed E-state index contributed by atoms with van der Waals surface area (Å²) < 4.78 is 5.40. The first kappa shape index (κ1) is 14.9. The maximum atomic E-state index is 9.85. The zero-order chi connectivity index (χ0) is 11.6. The van der Waals surface area contributed by atoms with Gasteiger partial charge in [0.05, 0.1) is 12.2 Å². The van der Waals surface area contributed by atoms with E-state index in [1.165, 1.54) is 6.42 Å². The van der Waals surface area contributed by atoms with Gasteiger partial charge in [0.25, 0.3) is 0 Å². The Balaban J connectivity index is 3.22. The highest BCUT2D eigenvalue weighted by atomic mass is 16.5. The van der Waals surface area contributed by atoms with Crippen LogP contribution in [0, 0.1) is 0 Å². The number of hydrogen-bond donors (Lipinski definition) is 2. The summed E-state index contributed by atoms with van der Waals surface area (Å²) in [5, 5.41) is 13.1. The van der Waals surface area contributed by atoms with Crippen LogP contribution >= 0.6 is 0 Å². The second kappa shape index (κ2) is 9.13. The monoisotopic (exact) mass is 217 g/mol. The molecule has 1 atom stereocenters. The van der Waals surface area contributed by atoms with Crippen molar-refractivity contribution in [3.05, 3.63) is 0 Å². The topological polar surface area (TPSA) is 41.5 Å². The third-order valence-corrected chi connectivity index (χ3v) is 2.36. The second-order valence-corrected chi connectivity index (χ2v) is 4.39. The van der Waals surface area contributed by atoms with Gasteiger partial charge in [0, 0.05) is 19.7 Å². The van der Waals surface area contributed by atoms with Crippen LogP contribution in [0.25, 0.3) is 0 Å². The smallest absolute Gasteiger partial charge is 0.0743 e. The lowest BCUT2D eigenvalue weighted by Gasteiger charge is -2.22. The van der Waals surface area contributed by atoms with Gasteiger partial charge in [0.15, 0.2) is 0 Å². The molecule has 0 radical (unpaired) electrons. The van der Waals surface area contributed by atoms with E-state index in [-0.39, 0.29) is 0 Å². The Hall–Kier alpha value is -0.120. The Morgan fingerprint density at radius 1 is 1.20 bits per heavy atom. The number of unbranched alkanes of at least 4 members (excludes halogenated alkanes) is 1. The first-order chi connectivity index (χ1) is 7.12. The standard InChI is InChI=1S/C12H27NO2/c1-4-6-9-15-10-8-13-11-12(3,14)7-5-2/h13-14H,4-11H2,1-3H3. The van der Waals surface area contributed by atoms with Gasteiger partial charge in [-0.3, -0.25) is 0 Å². The SMILES string of the molecule is CCCCOCCNCC(C)(O)CCC. The van der Waals surface area contributed by atoms with Crippen molar-refractivity contribution in [1.82, 2.24) is 5.32 Å². The average molecular weight is 217 g/mol. The van der Waals surface area contributed by atoms with Gasteiger partial charge in [-0.05, 0) is 19.8 Å². The van der Waals surface area contributed by atoms with Crippen LogP contribution in [0.4, 0.5) is 0 Å². The largest absolute Gasteiger partial charge is 0.389 e. The van der Waals surface area contributed by atoms with E-state index in [2.05, 4.69) is 19.2 Å². The fraction of sp³-hybridized carbons (Fsp3) is 1.00. The van der Waals surface area contributed by atoms with Crippen LogP contribution < -0.4 is 5.32 Å². The van der Waals surface area contributed by atoms with Crippen LogP contribution in [0.15, 0.2) is 0 Å². The molecule has 0 aliphatic heterocycles. The van der Waals surface area contributed by atoms with Gasteiger partial charge in [-0.15, -0.1) is 0 Å². The second-order valence-electron chi connectivity index (χ2n) is 4.39. The minimum Gasteiger partial charge on any atom is -0.389 e. The highest BCUT2D eigenvalue weighted by Gasteiger charge is 2.17. The molecule has 0 saturated heterocycles. The summed E-state index contributed by atoms with van der Waals surface area (Å²) in [5.41, 5.74) is -0.571. The van der Waals surface area contributed by atoms with E-state index in [0.717, 1.165) is 39.0 Å². The number of aliphatic hydroxyl groups is 1. The molecule has 0 fully saturated rings. The van der Waals surface area contributed by atoms with E-state index in [9.17, 15) is 5.11 Å². The Morgan fingerprint density at radius 3 is 2.53 bits per heavy atom. The van der Waals surface area contributed by atoms with E-state index in [1.54, 1.807) is 0 Å². The molecular formula is C12H27NO2. The Bertz CT molecular complexity index is 138. The molecule has 1 unspecified atom stereocenters. The maximum absolute atomic E-state index is 9.85. The number of nitrogens with one attached hydrogen (secondary N) is 1. The third kappa shape index (κ3) is 10.2. The fourth-order valence-electron chi connectivity index (χ4n) is 1.48. The van der Waals surface area contributed by atoms with Crippen molar-refractivity contribution in [3.8, 4) is 0 Å². The molecule has 2 N–H and O–H groups in total. The zero-order valence-electron chi connectivity index (χ0n) is 10.5. The molecule has 0 saturated carbocycles. The Morgan fingerprint density at radius 2 is 1.93 bits per heavy atom.